The maximum Gasteiger partial charge on any atom is 0.410 e. The number of esters is 1. The van der Waals surface area contributed by atoms with Crippen molar-refractivity contribution in [1.82, 2.24) is 26.2 Å². The van der Waals surface area contributed by atoms with Crippen LogP contribution in [-0.4, -0.2) is 169 Å². The molecule has 0 fully saturated rings. The van der Waals surface area contributed by atoms with E-state index in [0.717, 1.165) is 17.5 Å². The quantitative estimate of drug-likeness (QED) is 0.0119. The number of benzene rings is 3. The molecule has 0 radical (unpaired) electrons. The summed E-state index contributed by atoms with van der Waals surface area (Å²) in [6, 6.07) is 19.4. The minimum Gasteiger partial charge on any atom is -0.461 e. The first-order valence-corrected chi connectivity index (χ1v) is 45.8. The molecule has 0 unspecified atom stereocenters. The van der Waals surface area contributed by atoms with Gasteiger partial charge in [0.05, 0.1) is 56.8 Å². The van der Waals surface area contributed by atoms with Gasteiger partial charge in [-0.3, -0.25) is 76.7 Å². The third-order valence-corrected chi connectivity index (χ3v) is 21.0. The van der Waals surface area contributed by atoms with E-state index in [2.05, 4.69) is 51.1 Å². The Balaban J connectivity index is 0.00000172. The van der Waals surface area contributed by atoms with E-state index in [4.69, 9.17) is 18.9 Å². The molecular formula is C100H158N8O21. The molecule has 724 valence electrons. The van der Waals surface area contributed by atoms with Crippen LogP contribution in [0.15, 0.2) is 72.8 Å². The van der Waals surface area contributed by atoms with Crippen molar-refractivity contribution in [2.75, 3.05) is 55.9 Å². The third kappa shape index (κ3) is 50.8. The number of Topliss-reactive ketones (excluding diaryl/α,β-unsaturated/α-hetero) is 9. The van der Waals surface area contributed by atoms with E-state index in [1.807, 2.05) is 128 Å². The molecule has 29 nitrogen and oxygen atoms in total. The zero-order chi connectivity index (χ0) is 98.8. The van der Waals surface area contributed by atoms with Crippen LogP contribution in [0.4, 0.5) is 21.9 Å². The summed E-state index contributed by atoms with van der Waals surface area (Å²) < 4.78 is 21.6. The minimum absolute atomic E-state index is 0.00574. The number of anilines is 3. The third-order valence-electron chi connectivity index (χ3n) is 21.0. The van der Waals surface area contributed by atoms with Gasteiger partial charge in [0.1, 0.15) is 47.9 Å². The summed E-state index contributed by atoms with van der Waals surface area (Å²) >= 11 is 0. The summed E-state index contributed by atoms with van der Waals surface area (Å²) in [7, 11) is 1.54. The van der Waals surface area contributed by atoms with Gasteiger partial charge in [-0.15, -0.1) is 0 Å². The lowest BCUT2D eigenvalue weighted by molar-refractivity contribution is -0.148. The van der Waals surface area contributed by atoms with Crippen LogP contribution >= 0.6 is 0 Å². The lowest BCUT2D eigenvalue weighted by Crippen LogP contribution is -2.47. The Bertz CT molecular complexity index is 4020. The average Bonchev–Trinajstić information content (AvgIpc) is 0.832. The fraction of sp³-hybridized carbons (Fsp3) is 0.650. The summed E-state index contributed by atoms with van der Waals surface area (Å²) in [6.07, 6.45) is 1.34. The maximum absolute atomic E-state index is 13.3. The van der Waals surface area contributed by atoms with Gasteiger partial charge in [0.2, 0.25) is 35.9 Å². The smallest absolute Gasteiger partial charge is 0.410 e. The first kappa shape index (κ1) is 119. The molecular weight excluding hydrogens is 1650 g/mol. The first-order chi connectivity index (χ1) is 60.1. The highest BCUT2D eigenvalue weighted by Gasteiger charge is 2.36. The molecule has 0 saturated carbocycles. The molecule has 3 aromatic rings. The SMILES string of the molecule is CC(C)C(=O)CCOCCC(=O)C[C@@H](C)C(=O)Nc1ccc(COC(=O)C(C)C)cc1.CC(C)COCc1ccc(NC(=O)[C@@H](C)CC(=O)[C@H](NC(=O)CC(=O)C(C)C)C(C)C)cc1.CC(C)C[C@@H](C)C(=O)N[C@@H](C)C(=O)C[C@@H](CNC=O)C(=O)C(C)C.CC(C)NCC(=O)C[C@@H](C)C(=O)Nc1ccc(COC(=O)N(C)[C@H](C(=O)C[C@H](C(=O)C(C)C)C(C)C)C(C)C)cc1. The van der Waals surface area contributed by atoms with Gasteiger partial charge in [0.15, 0.2) is 17.3 Å². The van der Waals surface area contributed by atoms with Crippen LogP contribution in [0.2, 0.25) is 0 Å². The summed E-state index contributed by atoms with van der Waals surface area (Å²) in [6.45, 7) is 52.2. The number of carbonyl (C=O) groups excluding carboxylic acids is 17. The van der Waals surface area contributed by atoms with E-state index in [1.165, 1.54) is 4.90 Å². The van der Waals surface area contributed by atoms with Gasteiger partial charge in [0.25, 0.3) is 0 Å². The van der Waals surface area contributed by atoms with Crippen molar-refractivity contribution >= 4 is 117 Å². The highest BCUT2D eigenvalue weighted by molar-refractivity contribution is 6.02. The van der Waals surface area contributed by atoms with Crippen molar-refractivity contribution in [3.63, 3.8) is 0 Å². The molecule has 3 aromatic carbocycles. The van der Waals surface area contributed by atoms with E-state index in [1.54, 1.807) is 125 Å². The number of nitrogens with zero attached hydrogens (tertiary/aromatic N) is 1. The first-order valence-electron chi connectivity index (χ1n) is 45.8. The van der Waals surface area contributed by atoms with E-state index in [-0.39, 0.29) is 219 Å². The number of rotatable bonds is 57. The van der Waals surface area contributed by atoms with Crippen molar-refractivity contribution < 1.29 is 100 Å². The molecule has 129 heavy (non-hydrogen) atoms. The molecule has 9 atom stereocenters. The standard InChI is InChI=1S/C32H51N3O6.C26H40N2O5.C24H35NO6.C18H32N2O4/c1-19(2)27(30(38)21(5)6)16-28(37)29(20(3)4)35(10)32(40)41-18-24-11-13-25(14-12-24)34-31(39)23(9)15-26(36)17-33-22(7)8;1-16(2)14-33-15-20-8-10-21(11-9-20)27-26(32)19(7)12-23(30)25(18(5)6)28-24(31)13-22(29)17(3)4;1-16(2)22(27)11-13-30-12-10-21(26)14-18(5)23(28)25-20-8-6-19(7-9-20)15-31-24(29)17(3)4;1-11(2)7-13(5)18(24)20-14(6)16(22)8-15(9-19-10-21)17(23)12(3)4/h11-14,19-23,27,29,33H,15-18H2,1-10H3,(H,34,39);8-11,16-19,25H,12-15H2,1-7H3,(H,27,32)(H,28,31);6-9,16-18H,10-15H2,1-5H3,(H,25,28);10-15H,7-9H2,1-6H3,(H,19,21)(H,20,24)/t23-,27+,29+;19-,25+;18-;13-,14+,15+/m1011/s1. The Hall–Kier alpha value is -9.87. The lowest BCUT2D eigenvalue weighted by Gasteiger charge is -2.31. The van der Waals surface area contributed by atoms with Crippen LogP contribution in [0.1, 0.15) is 261 Å². The highest BCUT2D eigenvalue weighted by Crippen LogP contribution is 2.27. The Kier molecular flexibility index (Phi) is 58.4. The van der Waals surface area contributed by atoms with Crippen molar-refractivity contribution in [1.29, 1.82) is 0 Å². The second kappa shape index (κ2) is 63.2. The fourth-order valence-electron chi connectivity index (χ4n) is 12.9. The normalized spacial score (nSPS) is 13.4. The largest absolute Gasteiger partial charge is 0.461 e. The monoisotopic (exact) mass is 1810 g/mol. The van der Waals surface area contributed by atoms with Crippen LogP contribution in [0.25, 0.3) is 0 Å². The van der Waals surface area contributed by atoms with E-state index < -0.39 is 59.7 Å². The predicted octanol–water partition coefficient (Wildman–Crippen LogP) is 15.1. The Labute approximate surface area is 768 Å². The molecule has 0 saturated heterocycles. The molecule has 7 N–H and O–H groups in total. The Morgan fingerprint density at radius 2 is 0.860 bits per heavy atom. The zero-order valence-electron chi connectivity index (χ0n) is 82.6. The summed E-state index contributed by atoms with van der Waals surface area (Å²) in [4.78, 5) is 209. The van der Waals surface area contributed by atoms with Crippen LogP contribution in [0.3, 0.4) is 0 Å². The van der Waals surface area contributed by atoms with Crippen molar-refractivity contribution in [3.8, 4) is 0 Å². The van der Waals surface area contributed by atoms with Gasteiger partial charge in [0, 0.05) is 147 Å². The topological polar surface area (TPSA) is 415 Å². The number of likely N-dealkylation sites (N-methyl/N-ethyl adjacent to an activating group) is 1. The number of hydrogen-bond donors (Lipinski definition) is 7. The number of ether oxygens (including phenoxy) is 4. The second-order valence-electron chi connectivity index (χ2n) is 37.6. The predicted molar refractivity (Wildman–Crippen MR) is 503 cm³/mol. The van der Waals surface area contributed by atoms with Gasteiger partial charge >= 0.3 is 12.1 Å². The lowest BCUT2D eigenvalue weighted by atomic mass is 9.80. The molecule has 0 aromatic heterocycles. The van der Waals surface area contributed by atoms with E-state index in [9.17, 15) is 81.5 Å². The van der Waals surface area contributed by atoms with Gasteiger partial charge in [-0.25, -0.2) is 4.79 Å². The molecule has 0 aliphatic heterocycles. The fourth-order valence-corrected chi connectivity index (χ4v) is 12.9. The second-order valence-corrected chi connectivity index (χ2v) is 37.6. The van der Waals surface area contributed by atoms with Gasteiger partial charge in [-0.05, 0) is 96.0 Å². The van der Waals surface area contributed by atoms with E-state index >= 15 is 0 Å². The number of amides is 7. The number of carbonyl (C=O) groups is 17. The van der Waals surface area contributed by atoms with Gasteiger partial charge < -0.3 is 61.1 Å². The molecule has 29 heteroatoms. The molecule has 0 aliphatic rings. The summed E-state index contributed by atoms with van der Waals surface area (Å²) in [5, 5.41) is 19.4. The zero-order valence-corrected chi connectivity index (χ0v) is 82.6. The van der Waals surface area contributed by atoms with Crippen molar-refractivity contribution in [2.45, 2.75) is 289 Å². The van der Waals surface area contributed by atoms with Gasteiger partial charge in [-0.2, -0.15) is 0 Å². The maximum atomic E-state index is 13.3. The van der Waals surface area contributed by atoms with Crippen LogP contribution in [0, 0.1) is 94.7 Å². The van der Waals surface area contributed by atoms with E-state index in [0.29, 0.717) is 67.1 Å². The van der Waals surface area contributed by atoms with Crippen LogP contribution in [-0.2, 0) is 115 Å². The molecule has 0 aliphatic carbocycles. The van der Waals surface area contributed by atoms with Crippen molar-refractivity contribution in [2.24, 2.45) is 94.7 Å². The molecule has 0 heterocycles. The molecule has 3 rings (SSSR count). The minimum atomic E-state index is -0.738. The average molecular weight is 1810 g/mol. The van der Waals surface area contributed by atoms with Crippen LogP contribution in [0.5, 0.6) is 0 Å². The summed E-state index contributed by atoms with van der Waals surface area (Å²) in [5.41, 5.74) is 4.38. The molecule has 0 spiro atoms. The van der Waals surface area contributed by atoms with Gasteiger partial charge in [-0.1, -0.05) is 216 Å². The Morgan fingerprint density at radius 1 is 0.403 bits per heavy atom. The molecule has 0 bridgehead atoms. The Morgan fingerprint density at radius 3 is 1.28 bits per heavy atom. The number of hydrogen-bond acceptors (Lipinski definition) is 22. The van der Waals surface area contributed by atoms with Crippen molar-refractivity contribution in [3.05, 3.63) is 89.5 Å². The highest BCUT2D eigenvalue weighted by atomic mass is 16.6. The summed E-state index contributed by atoms with van der Waals surface area (Å²) in [5.74, 6) is -5.18. The van der Waals surface area contributed by atoms with Crippen LogP contribution < -0.4 is 37.2 Å². The molecule has 7 amide bonds. The number of nitrogens with one attached hydrogen (secondary N) is 7. The number of ketones is 9.